The molecule has 1 aromatic carbocycles. The van der Waals surface area contributed by atoms with E-state index in [1.54, 1.807) is 6.92 Å². The second kappa shape index (κ2) is 8.70. The fourth-order valence-corrected chi connectivity index (χ4v) is 3.64. The number of aromatic nitrogens is 2. The number of halogens is 1. The number of ether oxygens (including phenoxy) is 1. The predicted molar refractivity (Wildman–Crippen MR) is 108 cm³/mol. The molecule has 0 spiro atoms. The van der Waals surface area contributed by atoms with E-state index in [0.29, 0.717) is 29.8 Å². The normalized spacial score (nSPS) is 15.3. The van der Waals surface area contributed by atoms with Crippen molar-refractivity contribution in [1.29, 1.82) is 0 Å². The number of hydrogen-bond acceptors (Lipinski definition) is 5. The average molecular weight is 388 g/mol. The van der Waals surface area contributed by atoms with E-state index in [4.69, 9.17) is 16.3 Å². The SMILES string of the molecule is CCCOc1ncnc(N2CC(c3ccc([C@H](C)CC(C)=O)cc3)C2)c1Cl. The van der Waals surface area contributed by atoms with Gasteiger partial charge in [-0.1, -0.05) is 49.7 Å². The van der Waals surface area contributed by atoms with Crippen LogP contribution in [-0.4, -0.2) is 35.4 Å². The number of hydrogen-bond donors (Lipinski definition) is 0. The molecule has 1 saturated heterocycles. The summed E-state index contributed by atoms with van der Waals surface area (Å²) in [5.74, 6) is 2.13. The van der Waals surface area contributed by atoms with Crippen molar-refractivity contribution in [2.45, 2.75) is 45.4 Å². The van der Waals surface area contributed by atoms with Crippen molar-refractivity contribution in [2.24, 2.45) is 0 Å². The molecule has 27 heavy (non-hydrogen) atoms. The van der Waals surface area contributed by atoms with Gasteiger partial charge in [0.1, 0.15) is 17.1 Å². The van der Waals surface area contributed by atoms with Crippen molar-refractivity contribution in [3.05, 3.63) is 46.7 Å². The van der Waals surface area contributed by atoms with Crippen molar-refractivity contribution in [3.8, 4) is 5.88 Å². The lowest BCUT2D eigenvalue weighted by Gasteiger charge is -2.40. The summed E-state index contributed by atoms with van der Waals surface area (Å²) in [7, 11) is 0. The molecule has 0 radical (unpaired) electrons. The zero-order valence-corrected chi connectivity index (χ0v) is 16.9. The molecule has 1 aromatic heterocycles. The van der Waals surface area contributed by atoms with Crippen LogP contribution in [-0.2, 0) is 4.79 Å². The maximum atomic E-state index is 11.3. The molecule has 0 N–H and O–H groups in total. The Hall–Kier alpha value is -2.14. The van der Waals surface area contributed by atoms with E-state index in [1.807, 2.05) is 6.92 Å². The fourth-order valence-electron chi connectivity index (χ4n) is 3.37. The Morgan fingerprint density at radius 2 is 2.00 bits per heavy atom. The summed E-state index contributed by atoms with van der Waals surface area (Å²) in [6, 6.07) is 8.62. The third-order valence-electron chi connectivity index (χ3n) is 4.93. The van der Waals surface area contributed by atoms with Crippen molar-refractivity contribution in [3.63, 3.8) is 0 Å². The molecule has 3 rings (SSSR count). The Labute approximate surface area is 165 Å². The zero-order valence-electron chi connectivity index (χ0n) is 16.1. The Morgan fingerprint density at radius 3 is 2.63 bits per heavy atom. The summed E-state index contributed by atoms with van der Waals surface area (Å²) in [5, 5.41) is 0.484. The minimum Gasteiger partial charge on any atom is -0.476 e. The van der Waals surface area contributed by atoms with Crippen LogP contribution in [0, 0.1) is 0 Å². The topological polar surface area (TPSA) is 55.3 Å². The van der Waals surface area contributed by atoms with Gasteiger partial charge in [-0.15, -0.1) is 0 Å². The first-order valence-electron chi connectivity index (χ1n) is 9.47. The average Bonchev–Trinajstić information content (AvgIpc) is 2.61. The summed E-state index contributed by atoms with van der Waals surface area (Å²) < 4.78 is 5.59. The van der Waals surface area contributed by atoms with Gasteiger partial charge < -0.3 is 14.4 Å². The lowest BCUT2D eigenvalue weighted by Crippen LogP contribution is -2.45. The number of nitrogens with zero attached hydrogens (tertiary/aromatic N) is 3. The molecule has 0 bridgehead atoms. The number of carbonyl (C=O) groups is 1. The van der Waals surface area contributed by atoms with Crippen molar-refractivity contribution >= 4 is 23.2 Å². The van der Waals surface area contributed by atoms with Gasteiger partial charge in [0, 0.05) is 25.4 Å². The van der Waals surface area contributed by atoms with Crippen LogP contribution in [0.1, 0.15) is 56.6 Å². The highest BCUT2D eigenvalue weighted by Crippen LogP contribution is 2.37. The Bertz CT molecular complexity index is 789. The highest BCUT2D eigenvalue weighted by atomic mass is 35.5. The molecular formula is C21H26ClN3O2. The lowest BCUT2D eigenvalue weighted by atomic mass is 9.88. The molecule has 1 aliphatic heterocycles. The minimum atomic E-state index is 0.227. The second-order valence-electron chi connectivity index (χ2n) is 7.24. The molecule has 1 aliphatic rings. The lowest BCUT2D eigenvalue weighted by molar-refractivity contribution is -0.117. The number of ketones is 1. The smallest absolute Gasteiger partial charge is 0.237 e. The fraction of sp³-hybridized carbons (Fsp3) is 0.476. The molecule has 2 aromatic rings. The van der Waals surface area contributed by atoms with Gasteiger partial charge in [-0.3, -0.25) is 0 Å². The number of rotatable bonds is 8. The molecule has 144 valence electrons. The van der Waals surface area contributed by atoms with Gasteiger partial charge >= 0.3 is 0 Å². The molecular weight excluding hydrogens is 362 g/mol. The first kappa shape index (κ1) is 19.6. The Balaban J connectivity index is 1.62. The Kier molecular flexibility index (Phi) is 6.32. The van der Waals surface area contributed by atoms with Crippen LogP contribution in [0.2, 0.25) is 5.02 Å². The van der Waals surface area contributed by atoms with Crippen LogP contribution >= 0.6 is 11.6 Å². The summed E-state index contributed by atoms with van der Waals surface area (Å²) in [6.07, 6.45) is 3.00. The van der Waals surface area contributed by atoms with Crippen LogP contribution in [0.15, 0.2) is 30.6 Å². The van der Waals surface area contributed by atoms with Crippen LogP contribution in [0.25, 0.3) is 0 Å². The molecule has 1 atom stereocenters. The third-order valence-corrected chi connectivity index (χ3v) is 5.26. The quantitative estimate of drug-likeness (QED) is 0.662. The van der Waals surface area contributed by atoms with Gasteiger partial charge in [0.25, 0.3) is 0 Å². The highest BCUT2D eigenvalue weighted by Gasteiger charge is 2.31. The predicted octanol–water partition coefficient (Wildman–Crippen LogP) is 4.61. The van der Waals surface area contributed by atoms with Gasteiger partial charge in [0.15, 0.2) is 5.82 Å². The van der Waals surface area contributed by atoms with Crippen molar-refractivity contribution in [2.75, 3.05) is 24.6 Å². The van der Waals surface area contributed by atoms with Gasteiger partial charge in [0.2, 0.25) is 5.88 Å². The molecule has 0 unspecified atom stereocenters. The van der Waals surface area contributed by atoms with E-state index < -0.39 is 0 Å². The molecule has 0 saturated carbocycles. The Morgan fingerprint density at radius 1 is 1.30 bits per heavy atom. The number of anilines is 1. The molecule has 0 amide bonds. The van der Waals surface area contributed by atoms with E-state index >= 15 is 0 Å². The summed E-state index contributed by atoms with van der Waals surface area (Å²) in [4.78, 5) is 21.9. The molecule has 6 heteroatoms. The molecule has 1 fully saturated rings. The number of Topliss-reactive ketones (excluding diaryl/α,β-unsaturated/α-hetero) is 1. The van der Waals surface area contributed by atoms with Gasteiger partial charge in [-0.05, 0) is 30.4 Å². The summed E-state index contributed by atoms with van der Waals surface area (Å²) >= 11 is 6.42. The largest absolute Gasteiger partial charge is 0.476 e. The standard InChI is InChI=1S/C21H26ClN3O2/c1-4-9-27-21-19(22)20(23-13-24-21)25-11-18(12-25)17-7-5-16(6-8-17)14(2)10-15(3)26/h5-8,13-14,18H,4,9-12H2,1-3H3/t14-/m1/s1. The van der Waals surface area contributed by atoms with E-state index in [0.717, 1.165) is 25.3 Å². The third kappa shape index (κ3) is 4.59. The maximum absolute atomic E-state index is 11.3. The van der Waals surface area contributed by atoms with Gasteiger partial charge in [-0.2, -0.15) is 0 Å². The van der Waals surface area contributed by atoms with E-state index in [-0.39, 0.29) is 11.7 Å². The summed E-state index contributed by atoms with van der Waals surface area (Å²) in [5.41, 5.74) is 2.51. The molecule has 0 aliphatic carbocycles. The number of carbonyl (C=O) groups excluding carboxylic acids is 1. The van der Waals surface area contributed by atoms with Crippen LogP contribution < -0.4 is 9.64 Å². The first-order chi connectivity index (χ1) is 13.0. The zero-order chi connectivity index (χ0) is 19.4. The highest BCUT2D eigenvalue weighted by molar-refractivity contribution is 6.34. The maximum Gasteiger partial charge on any atom is 0.237 e. The number of benzene rings is 1. The van der Waals surface area contributed by atoms with Crippen LogP contribution in [0.4, 0.5) is 5.82 Å². The van der Waals surface area contributed by atoms with Crippen molar-refractivity contribution in [1.82, 2.24) is 9.97 Å². The van der Waals surface area contributed by atoms with Crippen LogP contribution in [0.5, 0.6) is 5.88 Å². The van der Waals surface area contributed by atoms with E-state index in [1.165, 1.54) is 17.5 Å². The van der Waals surface area contributed by atoms with Crippen LogP contribution in [0.3, 0.4) is 0 Å². The molecule has 5 nitrogen and oxygen atoms in total. The summed E-state index contributed by atoms with van der Waals surface area (Å²) in [6.45, 7) is 8.11. The monoisotopic (exact) mass is 387 g/mol. The second-order valence-corrected chi connectivity index (χ2v) is 7.62. The van der Waals surface area contributed by atoms with E-state index in [9.17, 15) is 4.79 Å². The molecule has 2 heterocycles. The van der Waals surface area contributed by atoms with Gasteiger partial charge in [0.05, 0.1) is 6.61 Å². The minimum absolute atomic E-state index is 0.227. The van der Waals surface area contributed by atoms with Gasteiger partial charge in [-0.25, -0.2) is 9.97 Å². The first-order valence-corrected chi connectivity index (χ1v) is 9.85. The van der Waals surface area contributed by atoms with Crippen molar-refractivity contribution < 1.29 is 9.53 Å². The van der Waals surface area contributed by atoms with E-state index in [2.05, 4.69) is 46.1 Å².